The number of aromatic nitrogens is 1. The molecule has 0 fully saturated rings. The molecule has 1 aromatic rings. The highest BCUT2D eigenvalue weighted by atomic mass is 14.9. The van der Waals surface area contributed by atoms with Gasteiger partial charge >= 0.3 is 0 Å². The van der Waals surface area contributed by atoms with Gasteiger partial charge in [-0.15, -0.1) is 0 Å². The lowest BCUT2D eigenvalue weighted by atomic mass is 10.2. The van der Waals surface area contributed by atoms with Crippen LogP contribution in [0.5, 0.6) is 0 Å². The Hall–Kier alpha value is -1.44. The van der Waals surface area contributed by atoms with Gasteiger partial charge in [0.25, 0.3) is 0 Å². The average Bonchev–Trinajstić information content (AvgIpc) is 2.64. The monoisotopic (exact) mass is 156 g/mol. The fourth-order valence-corrected chi connectivity index (χ4v) is 1.73. The highest BCUT2D eigenvalue weighted by molar-refractivity contribution is 5.96. The summed E-state index contributed by atoms with van der Waals surface area (Å²) in [5.74, 6) is 0.881. The van der Waals surface area contributed by atoms with Gasteiger partial charge in [0.05, 0.1) is 5.35 Å². The molecule has 2 nitrogen and oxygen atoms in total. The molecule has 12 heavy (non-hydrogen) atoms. The summed E-state index contributed by atoms with van der Waals surface area (Å²) in [7, 11) is 0. The Kier molecular flexibility index (Phi) is 1.04. The van der Waals surface area contributed by atoms with Crippen molar-refractivity contribution in [1.29, 1.82) is 0 Å². The molecule has 0 radical (unpaired) electrons. The fraction of sp³-hybridized carbons (Fsp3) is 0.200. The molecule has 1 aliphatic carbocycles. The third-order valence-corrected chi connectivity index (χ3v) is 2.35. The van der Waals surface area contributed by atoms with Crippen LogP contribution in [0.1, 0.15) is 12.0 Å². The van der Waals surface area contributed by atoms with E-state index in [1.54, 1.807) is 0 Å². The zero-order valence-corrected chi connectivity index (χ0v) is 6.62. The summed E-state index contributed by atoms with van der Waals surface area (Å²) in [6.45, 7) is 0. The summed E-state index contributed by atoms with van der Waals surface area (Å²) >= 11 is 0. The standard InChI is InChI=1S/C10H8N2/c1-2-7-6-8-4-5-11-10(8)12-9(7)3-1/h3-6H,1-2H2. The predicted octanol–water partition coefficient (Wildman–Crippen LogP) is 0.305. The Labute approximate surface area is 70.0 Å². The summed E-state index contributed by atoms with van der Waals surface area (Å²) in [6, 6.07) is 2.20. The molecule has 0 spiro atoms. The van der Waals surface area contributed by atoms with Crippen LogP contribution in [0.25, 0.3) is 12.2 Å². The van der Waals surface area contributed by atoms with Crippen LogP contribution in [0, 0.1) is 0 Å². The molecule has 0 amide bonds. The lowest BCUT2D eigenvalue weighted by molar-refractivity contribution is 1.06. The van der Waals surface area contributed by atoms with E-state index in [1.165, 1.54) is 10.8 Å². The largest absolute Gasteiger partial charge is 0.237 e. The summed E-state index contributed by atoms with van der Waals surface area (Å²) in [6.07, 6.45) is 8.29. The molecule has 0 saturated carbocycles. The van der Waals surface area contributed by atoms with Gasteiger partial charge in [-0.3, -0.25) is 0 Å². The second-order valence-corrected chi connectivity index (χ2v) is 3.13. The lowest BCUT2D eigenvalue weighted by Gasteiger charge is -1.94. The van der Waals surface area contributed by atoms with Crippen LogP contribution in [0.3, 0.4) is 0 Å². The maximum absolute atomic E-state index is 4.45. The number of aryl methyl sites for hydroxylation is 1. The Morgan fingerprint density at radius 1 is 1.33 bits per heavy atom. The molecule has 0 bridgehead atoms. The topological polar surface area (TPSA) is 25.2 Å². The second-order valence-electron chi connectivity index (χ2n) is 3.13. The van der Waals surface area contributed by atoms with Crippen molar-refractivity contribution in [3.8, 4) is 0 Å². The van der Waals surface area contributed by atoms with Crippen molar-refractivity contribution in [2.24, 2.45) is 4.99 Å². The molecule has 58 valence electrons. The molecule has 0 saturated heterocycles. The second kappa shape index (κ2) is 2.03. The fourth-order valence-electron chi connectivity index (χ4n) is 1.73. The van der Waals surface area contributed by atoms with Gasteiger partial charge in [-0.1, -0.05) is 6.08 Å². The zero-order chi connectivity index (χ0) is 7.97. The van der Waals surface area contributed by atoms with Crippen LogP contribution in [0.4, 0.5) is 5.82 Å². The van der Waals surface area contributed by atoms with Crippen LogP contribution in [0.2, 0.25) is 0 Å². The minimum atomic E-state index is 0.881. The summed E-state index contributed by atoms with van der Waals surface area (Å²) < 4.78 is 0. The molecule has 1 aromatic heterocycles. The van der Waals surface area contributed by atoms with E-state index < -0.39 is 0 Å². The predicted molar refractivity (Wildman–Crippen MR) is 48.9 cm³/mol. The van der Waals surface area contributed by atoms with Crippen molar-refractivity contribution >= 4 is 24.2 Å². The van der Waals surface area contributed by atoms with E-state index in [0.29, 0.717) is 0 Å². The number of pyridine rings is 1. The van der Waals surface area contributed by atoms with Gasteiger partial charge in [-0.25, -0.2) is 9.98 Å². The maximum Gasteiger partial charge on any atom is 0.159 e. The Morgan fingerprint density at radius 2 is 2.33 bits per heavy atom. The molecule has 0 aromatic carbocycles. The molecular weight excluding hydrogens is 148 g/mol. The normalized spacial score (nSPS) is 16.7. The van der Waals surface area contributed by atoms with Crippen molar-refractivity contribution < 1.29 is 0 Å². The number of hydrogen-bond donors (Lipinski definition) is 0. The van der Waals surface area contributed by atoms with Gasteiger partial charge in [-0.05, 0) is 30.5 Å². The van der Waals surface area contributed by atoms with Crippen LogP contribution in [-0.4, -0.2) is 11.2 Å². The minimum Gasteiger partial charge on any atom is -0.237 e. The zero-order valence-electron chi connectivity index (χ0n) is 6.62. The van der Waals surface area contributed by atoms with Gasteiger partial charge in [0.2, 0.25) is 0 Å². The van der Waals surface area contributed by atoms with Crippen LogP contribution >= 0.6 is 0 Å². The molecular formula is C10H8N2. The number of hydrogen-bond acceptors (Lipinski definition) is 2. The highest BCUT2D eigenvalue weighted by Gasteiger charge is 2.07. The number of rotatable bonds is 0. The summed E-state index contributed by atoms with van der Waals surface area (Å²) in [5.41, 5.74) is 1.37. The molecule has 3 rings (SSSR count). The van der Waals surface area contributed by atoms with E-state index in [1.807, 2.05) is 12.3 Å². The first-order valence-corrected chi connectivity index (χ1v) is 4.18. The Morgan fingerprint density at radius 3 is 3.33 bits per heavy atom. The lowest BCUT2D eigenvalue weighted by Crippen LogP contribution is -2.15. The van der Waals surface area contributed by atoms with Crippen LogP contribution in [0.15, 0.2) is 11.1 Å². The highest BCUT2D eigenvalue weighted by Crippen LogP contribution is 2.07. The first-order valence-electron chi connectivity index (χ1n) is 4.18. The first kappa shape index (κ1) is 6.12. The third-order valence-electron chi connectivity index (χ3n) is 2.35. The van der Waals surface area contributed by atoms with Crippen molar-refractivity contribution in [1.82, 2.24) is 4.98 Å². The van der Waals surface area contributed by atoms with Crippen molar-refractivity contribution in [3.05, 3.63) is 22.2 Å². The molecule has 1 aliphatic heterocycles. The van der Waals surface area contributed by atoms with Crippen molar-refractivity contribution in [2.75, 3.05) is 0 Å². The Bertz CT molecular complexity index is 483. The van der Waals surface area contributed by atoms with E-state index in [-0.39, 0.29) is 0 Å². The third kappa shape index (κ3) is 0.694. The minimum absolute atomic E-state index is 0.881. The average molecular weight is 156 g/mol. The molecule has 0 N–H and O–H groups in total. The smallest absolute Gasteiger partial charge is 0.159 e. The molecule has 2 aliphatic rings. The number of nitrogens with zero attached hydrogens (tertiary/aromatic N) is 2. The molecule has 0 unspecified atom stereocenters. The van der Waals surface area contributed by atoms with E-state index in [0.717, 1.165) is 24.0 Å². The SMILES string of the molecule is C1=Nc2nc3c(cc2=C1)CCC=3. The van der Waals surface area contributed by atoms with E-state index in [2.05, 4.69) is 22.1 Å². The van der Waals surface area contributed by atoms with Crippen LogP contribution < -0.4 is 10.6 Å². The Balaban J connectivity index is 2.45. The van der Waals surface area contributed by atoms with E-state index in [9.17, 15) is 0 Å². The maximum atomic E-state index is 4.45. The van der Waals surface area contributed by atoms with Crippen molar-refractivity contribution in [2.45, 2.75) is 12.8 Å². The summed E-state index contributed by atoms with van der Waals surface area (Å²) in [5, 5.41) is 2.31. The van der Waals surface area contributed by atoms with Crippen molar-refractivity contribution in [3.63, 3.8) is 0 Å². The quantitative estimate of drug-likeness (QED) is 0.530. The molecule has 0 atom stereocenters. The molecule has 2 heteroatoms. The van der Waals surface area contributed by atoms with E-state index in [4.69, 9.17) is 0 Å². The van der Waals surface area contributed by atoms with Gasteiger partial charge in [0.1, 0.15) is 0 Å². The summed E-state index contributed by atoms with van der Waals surface area (Å²) in [4.78, 5) is 8.61. The van der Waals surface area contributed by atoms with Gasteiger partial charge in [0.15, 0.2) is 5.82 Å². The van der Waals surface area contributed by atoms with E-state index >= 15 is 0 Å². The molecule has 2 heterocycles. The number of aliphatic imine (C=N–C) groups is 1. The van der Waals surface area contributed by atoms with Gasteiger partial charge < -0.3 is 0 Å². The first-order chi connectivity index (χ1) is 5.93. The van der Waals surface area contributed by atoms with Gasteiger partial charge in [-0.2, -0.15) is 0 Å². The van der Waals surface area contributed by atoms with Crippen LogP contribution in [-0.2, 0) is 6.42 Å². The van der Waals surface area contributed by atoms with Gasteiger partial charge in [0, 0.05) is 11.4 Å². The number of fused-ring (bicyclic) bond motifs is 2.